The third kappa shape index (κ3) is 2.21. The lowest BCUT2D eigenvalue weighted by Crippen LogP contribution is -2.03. The van der Waals surface area contributed by atoms with E-state index in [2.05, 4.69) is 15.3 Å². The summed E-state index contributed by atoms with van der Waals surface area (Å²) in [6, 6.07) is 8.75. The Morgan fingerprint density at radius 2 is 2.10 bits per heavy atom. The Morgan fingerprint density at radius 3 is 2.90 bits per heavy atom. The number of thiophene rings is 1. The van der Waals surface area contributed by atoms with Gasteiger partial charge in [0, 0.05) is 4.88 Å². The van der Waals surface area contributed by atoms with Crippen LogP contribution in [-0.2, 0) is 0 Å². The highest BCUT2D eigenvalue weighted by molar-refractivity contribution is 7.18. The maximum Gasteiger partial charge on any atom is 0.337 e. The molecule has 1 aromatic carbocycles. The van der Waals surface area contributed by atoms with Crippen molar-refractivity contribution in [3.63, 3.8) is 0 Å². The summed E-state index contributed by atoms with van der Waals surface area (Å²) in [5.74, 6) is -0.354. The number of hydrogen-bond acceptors (Lipinski definition) is 5. The summed E-state index contributed by atoms with van der Waals surface area (Å²) in [7, 11) is 0. The van der Waals surface area contributed by atoms with E-state index in [-0.39, 0.29) is 5.56 Å². The molecule has 0 fully saturated rings. The molecule has 0 spiro atoms. The van der Waals surface area contributed by atoms with Crippen LogP contribution in [0.3, 0.4) is 0 Å². The van der Waals surface area contributed by atoms with E-state index in [9.17, 15) is 9.90 Å². The van der Waals surface area contributed by atoms with Crippen molar-refractivity contribution >= 4 is 39.0 Å². The maximum absolute atomic E-state index is 11.2. The lowest BCUT2D eigenvalue weighted by molar-refractivity contribution is 0.0698. The van der Waals surface area contributed by atoms with Crippen molar-refractivity contribution in [2.75, 3.05) is 5.32 Å². The standard InChI is InChI=1S/C14H11N3O2S/c1-8-6-10-12(15-7-16-13(10)20-8)17-11-5-3-2-4-9(11)14(18)19/h2-7H,1H3,(H,18,19)(H,15,16,17). The van der Waals surface area contributed by atoms with Crippen LogP contribution in [0.15, 0.2) is 36.7 Å². The van der Waals surface area contributed by atoms with Crippen molar-refractivity contribution in [2.24, 2.45) is 0 Å². The van der Waals surface area contributed by atoms with E-state index in [1.165, 1.54) is 6.33 Å². The van der Waals surface area contributed by atoms with Gasteiger partial charge in [-0.1, -0.05) is 12.1 Å². The predicted octanol–water partition coefficient (Wildman–Crippen LogP) is 3.44. The van der Waals surface area contributed by atoms with Crippen molar-refractivity contribution in [1.29, 1.82) is 0 Å². The molecule has 3 aromatic rings. The lowest BCUT2D eigenvalue weighted by Gasteiger charge is -2.09. The number of nitrogens with one attached hydrogen (secondary N) is 1. The van der Waals surface area contributed by atoms with Crippen LogP contribution < -0.4 is 5.32 Å². The first kappa shape index (κ1) is 12.6. The first-order chi connectivity index (χ1) is 9.65. The lowest BCUT2D eigenvalue weighted by atomic mass is 10.2. The van der Waals surface area contributed by atoms with E-state index in [1.807, 2.05) is 13.0 Å². The number of carboxylic acid groups (broad SMARTS) is 1. The number of aryl methyl sites for hydroxylation is 1. The Morgan fingerprint density at radius 1 is 1.30 bits per heavy atom. The third-order valence-electron chi connectivity index (χ3n) is 2.86. The topological polar surface area (TPSA) is 75.1 Å². The van der Waals surface area contributed by atoms with E-state index >= 15 is 0 Å². The average Bonchev–Trinajstić information content (AvgIpc) is 2.80. The summed E-state index contributed by atoms with van der Waals surface area (Å²) in [5, 5.41) is 13.2. The highest BCUT2D eigenvalue weighted by Gasteiger charge is 2.12. The molecular formula is C14H11N3O2S. The molecular weight excluding hydrogens is 274 g/mol. The minimum absolute atomic E-state index is 0.214. The Bertz CT molecular complexity index is 798. The molecule has 6 heteroatoms. The van der Waals surface area contributed by atoms with Gasteiger partial charge in [0.25, 0.3) is 0 Å². The van der Waals surface area contributed by atoms with Gasteiger partial charge in [-0.15, -0.1) is 11.3 Å². The van der Waals surface area contributed by atoms with Crippen molar-refractivity contribution in [2.45, 2.75) is 6.92 Å². The number of carbonyl (C=O) groups is 1. The van der Waals surface area contributed by atoms with Crippen LogP contribution in [0.2, 0.25) is 0 Å². The molecule has 3 rings (SSSR count). The molecule has 0 unspecified atom stereocenters. The molecule has 0 saturated carbocycles. The Kier molecular flexibility index (Phi) is 3.08. The molecule has 0 amide bonds. The quantitative estimate of drug-likeness (QED) is 0.771. The molecule has 100 valence electrons. The second-order valence-corrected chi connectivity index (χ2v) is 5.51. The number of anilines is 2. The van der Waals surface area contributed by atoms with Gasteiger partial charge in [0.15, 0.2) is 0 Å². The summed E-state index contributed by atoms with van der Waals surface area (Å²) in [5.41, 5.74) is 0.732. The molecule has 5 nitrogen and oxygen atoms in total. The molecule has 0 aliphatic heterocycles. The monoisotopic (exact) mass is 285 g/mol. The Hall–Kier alpha value is -2.47. The first-order valence-corrected chi connectivity index (χ1v) is 6.77. The van der Waals surface area contributed by atoms with E-state index in [1.54, 1.807) is 35.6 Å². The van der Waals surface area contributed by atoms with Gasteiger partial charge in [-0.05, 0) is 25.1 Å². The fourth-order valence-electron chi connectivity index (χ4n) is 1.98. The van der Waals surface area contributed by atoms with E-state index in [4.69, 9.17) is 0 Å². The molecule has 0 radical (unpaired) electrons. The number of rotatable bonds is 3. The highest BCUT2D eigenvalue weighted by atomic mass is 32.1. The van der Waals surface area contributed by atoms with E-state index in [0.29, 0.717) is 11.5 Å². The molecule has 20 heavy (non-hydrogen) atoms. The Balaban J connectivity index is 2.08. The predicted molar refractivity (Wildman–Crippen MR) is 78.8 cm³/mol. The number of aromatic nitrogens is 2. The number of carboxylic acids is 1. The summed E-state index contributed by atoms with van der Waals surface area (Å²) in [4.78, 5) is 21.6. The summed E-state index contributed by atoms with van der Waals surface area (Å²) in [6.45, 7) is 2.00. The van der Waals surface area contributed by atoms with Gasteiger partial charge >= 0.3 is 5.97 Å². The minimum atomic E-state index is -0.972. The highest BCUT2D eigenvalue weighted by Crippen LogP contribution is 2.30. The maximum atomic E-state index is 11.2. The normalized spacial score (nSPS) is 10.7. The van der Waals surface area contributed by atoms with Crippen molar-refractivity contribution in [1.82, 2.24) is 9.97 Å². The van der Waals surface area contributed by atoms with Crippen molar-refractivity contribution < 1.29 is 9.90 Å². The van der Waals surface area contributed by atoms with Gasteiger partial charge in [0.2, 0.25) is 0 Å². The van der Waals surface area contributed by atoms with Gasteiger partial charge in [-0.2, -0.15) is 0 Å². The zero-order valence-electron chi connectivity index (χ0n) is 10.6. The molecule has 2 N–H and O–H groups in total. The minimum Gasteiger partial charge on any atom is -0.478 e. The summed E-state index contributed by atoms with van der Waals surface area (Å²) < 4.78 is 0. The van der Waals surface area contributed by atoms with Gasteiger partial charge in [-0.25, -0.2) is 14.8 Å². The van der Waals surface area contributed by atoms with Crippen LogP contribution in [0.4, 0.5) is 11.5 Å². The number of fused-ring (bicyclic) bond motifs is 1. The zero-order valence-corrected chi connectivity index (χ0v) is 11.4. The molecule has 0 aliphatic rings. The smallest absolute Gasteiger partial charge is 0.337 e. The van der Waals surface area contributed by atoms with Crippen LogP contribution in [0.1, 0.15) is 15.2 Å². The van der Waals surface area contributed by atoms with Gasteiger partial charge in [0.05, 0.1) is 16.6 Å². The second-order valence-electron chi connectivity index (χ2n) is 4.27. The van der Waals surface area contributed by atoms with Crippen molar-refractivity contribution in [3.8, 4) is 0 Å². The molecule has 2 heterocycles. The Labute approximate surface area is 118 Å². The second kappa shape index (κ2) is 4.90. The van der Waals surface area contributed by atoms with Crippen LogP contribution in [0, 0.1) is 6.92 Å². The number of hydrogen-bond donors (Lipinski definition) is 2. The van der Waals surface area contributed by atoms with Crippen LogP contribution in [-0.4, -0.2) is 21.0 Å². The van der Waals surface area contributed by atoms with E-state index in [0.717, 1.165) is 15.1 Å². The number of para-hydroxylation sites is 1. The molecule has 0 aliphatic carbocycles. The largest absolute Gasteiger partial charge is 0.478 e. The summed E-state index contributed by atoms with van der Waals surface area (Å²) in [6.07, 6.45) is 1.48. The number of benzene rings is 1. The number of aromatic carboxylic acids is 1. The molecule has 0 saturated heterocycles. The molecule has 0 atom stereocenters. The zero-order chi connectivity index (χ0) is 14.1. The van der Waals surface area contributed by atoms with Gasteiger partial charge in [-0.3, -0.25) is 0 Å². The average molecular weight is 285 g/mol. The fraction of sp³-hybridized carbons (Fsp3) is 0.0714. The van der Waals surface area contributed by atoms with Crippen LogP contribution in [0.5, 0.6) is 0 Å². The van der Waals surface area contributed by atoms with Crippen LogP contribution in [0.25, 0.3) is 10.2 Å². The number of nitrogens with zero attached hydrogens (tertiary/aromatic N) is 2. The SMILES string of the molecule is Cc1cc2c(Nc3ccccc3C(=O)O)ncnc2s1. The molecule has 0 bridgehead atoms. The van der Waals surface area contributed by atoms with Crippen LogP contribution >= 0.6 is 11.3 Å². The van der Waals surface area contributed by atoms with Gasteiger partial charge in [0.1, 0.15) is 17.0 Å². The van der Waals surface area contributed by atoms with Gasteiger partial charge < -0.3 is 10.4 Å². The third-order valence-corrected chi connectivity index (χ3v) is 3.82. The summed E-state index contributed by atoms with van der Waals surface area (Å²) >= 11 is 1.58. The molecule has 2 aromatic heterocycles. The van der Waals surface area contributed by atoms with E-state index < -0.39 is 5.97 Å². The fourth-order valence-corrected chi connectivity index (χ4v) is 2.83. The van der Waals surface area contributed by atoms with Crippen molar-refractivity contribution in [3.05, 3.63) is 47.1 Å². The first-order valence-electron chi connectivity index (χ1n) is 5.95.